The second-order valence-corrected chi connectivity index (χ2v) is 4.27. The van der Waals surface area contributed by atoms with Crippen molar-refractivity contribution in [3.63, 3.8) is 0 Å². The topological polar surface area (TPSA) is 46.6 Å². The molecule has 0 aromatic carbocycles. The van der Waals surface area contributed by atoms with Gasteiger partial charge in [-0.25, -0.2) is 4.42 Å². The van der Waals surface area contributed by atoms with E-state index < -0.39 is 10.1 Å². The lowest BCUT2D eigenvalue weighted by molar-refractivity contribution is 0.391. The Morgan fingerprint density at radius 1 is 1.55 bits per heavy atom. The third kappa shape index (κ3) is 5.43. The summed E-state index contributed by atoms with van der Waals surface area (Å²) in [5.74, 6) is -0.0686. The van der Waals surface area contributed by atoms with Crippen molar-refractivity contribution in [3.8, 4) is 0 Å². The van der Waals surface area contributed by atoms with Gasteiger partial charge in [0.2, 0.25) is 0 Å². The van der Waals surface area contributed by atoms with E-state index in [9.17, 15) is 8.42 Å². The maximum Gasteiger partial charge on any atom is 0.268 e. The van der Waals surface area contributed by atoms with Gasteiger partial charge in [-0.3, -0.25) is 4.18 Å². The zero-order valence-corrected chi connectivity index (χ0v) is 8.15. The second-order valence-electron chi connectivity index (χ2n) is 1.93. The van der Waals surface area contributed by atoms with E-state index in [1.807, 2.05) is 6.92 Å². The molecule has 0 bridgehead atoms. The molecule has 0 rings (SSSR count). The van der Waals surface area contributed by atoms with Crippen molar-refractivity contribution in [2.24, 2.45) is 0 Å². The van der Waals surface area contributed by atoms with Crippen molar-refractivity contribution in [3.05, 3.63) is 0 Å². The Morgan fingerprint density at radius 3 is 2.45 bits per heavy atom. The molecule has 0 aliphatic rings. The third-order valence-electron chi connectivity index (χ3n) is 1.18. The molecule has 0 amide bonds. The number of hydrogen-bond acceptors (Lipinski definition) is 4. The molecule has 0 saturated heterocycles. The monoisotopic (exact) mass is 201 g/mol. The minimum Gasteiger partial charge on any atom is -0.273 e. The van der Waals surface area contributed by atoms with E-state index in [1.54, 1.807) is 0 Å². The zero-order chi connectivity index (χ0) is 8.91. The quantitative estimate of drug-likeness (QED) is 0.479. The van der Waals surface area contributed by atoms with Gasteiger partial charge in [-0.2, -0.15) is 8.42 Å². The molecule has 0 heterocycles. The Hall–Kier alpha value is 0.160. The van der Waals surface area contributed by atoms with Gasteiger partial charge in [-0.15, -0.1) is 0 Å². The first-order valence-electron chi connectivity index (χ1n) is 3.21. The van der Waals surface area contributed by atoms with Gasteiger partial charge in [0.25, 0.3) is 10.1 Å². The van der Waals surface area contributed by atoms with Crippen molar-refractivity contribution in [2.45, 2.75) is 6.92 Å². The summed E-state index contributed by atoms with van der Waals surface area (Å²) in [6.45, 7) is 2.74. The lowest BCUT2D eigenvalue weighted by Gasteiger charge is -2.09. The molecule has 0 radical (unpaired) electrons. The third-order valence-corrected chi connectivity index (χ3v) is 2.78. The van der Waals surface area contributed by atoms with Crippen LogP contribution >= 0.6 is 11.8 Å². The maximum absolute atomic E-state index is 10.7. The van der Waals surface area contributed by atoms with Crippen LogP contribution in [0.5, 0.6) is 0 Å². The van der Waals surface area contributed by atoms with E-state index in [-0.39, 0.29) is 12.3 Å². The van der Waals surface area contributed by atoms with Crippen LogP contribution in [0.2, 0.25) is 0 Å². The van der Waals surface area contributed by atoms with Crippen molar-refractivity contribution in [2.75, 3.05) is 26.0 Å². The lowest BCUT2D eigenvalue weighted by Crippen LogP contribution is -2.21. The lowest BCUT2D eigenvalue weighted by atomic mass is 10.7. The van der Waals surface area contributed by atoms with Crippen LogP contribution in [0, 0.1) is 0 Å². The van der Waals surface area contributed by atoms with E-state index in [0.717, 1.165) is 7.11 Å². The van der Waals surface area contributed by atoms with Gasteiger partial charge in [0, 0.05) is 13.1 Å². The predicted octanol–water partition coefficient (Wildman–Crippen LogP) is 0.438. The summed E-state index contributed by atoms with van der Waals surface area (Å²) >= 11 is 5.54. The number of nitrogens with zero attached hydrogens (tertiary/aromatic N) is 1. The summed E-state index contributed by atoms with van der Waals surface area (Å²) in [6.07, 6.45) is 0. The van der Waals surface area contributed by atoms with Gasteiger partial charge >= 0.3 is 0 Å². The molecule has 0 N–H and O–H groups in total. The largest absolute Gasteiger partial charge is 0.273 e. The van der Waals surface area contributed by atoms with E-state index in [2.05, 4.69) is 4.18 Å². The summed E-state index contributed by atoms with van der Waals surface area (Å²) in [4.78, 5) is 0. The van der Waals surface area contributed by atoms with Crippen molar-refractivity contribution >= 4 is 21.9 Å². The SMILES string of the molecule is CCN(Cl)CCS(=O)(=O)OC. The Balaban J connectivity index is 3.71. The maximum atomic E-state index is 10.7. The van der Waals surface area contributed by atoms with Crippen LogP contribution in [0.1, 0.15) is 6.92 Å². The summed E-state index contributed by atoms with van der Waals surface area (Å²) in [5.41, 5.74) is 0. The van der Waals surface area contributed by atoms with E-state index in [1.165, 1.54) is 4.42 Å². The van der Waals surface area contributed by atoms with Gasteiger partial charge < -0.3 is 0 Å². The molecule has 11 heavy (non-hydrogen) atoms. The fourth-order valence-corrected chi connectivity index (χ4v) is 1.25. The van der Waals surface area contributed by atoms with Crippen molar-refractivity contribution in [1.29, 1.82) is 0 Å². The number of rotatable bonds is 5. The number of halogens is 1. The highest BCUT2D eigenvalue weighted by Crippen LogP contribution is 1.96. The number of hydrogen-bond donors (Lipinski definition) is 0. The molecule has 6 heteroatoms. The van der Waals surface area contributed by atoms with Gasteiger partial charge in [0.1, 0.15) is 0 Å². The average Bonchev–Trinajstić information content (AvgIpc) is 2.00. The summed E-state index contributed by atoms with van der Waals surface area (Å²) < 4.78 is 27.0. The Kier molecular flexibility index (Phi) is 4.99. The smallest absolute Gasteiger partial charge is 0.268 e. The highest BCUT2D eigenvalue weighted by Gasteiger charge is 2.09. The molecular formula is C5H12ClNO3S. The zero-order valence-electron chi connectivity index (χ0n) is 6.58. The van der Waals surface area contributed by atoms with Gasteiger partial charge in [0.05, 0.1) is 12.9 Å². The fraction of sp³-hybridized carbons (Fsp3) is 1.00. The van der Waals surface area contributed by atoms with Crippen LogP contribution in [-0.2, 0) is 14.3 Å². The van der Waals surface area contributed by atoms with E-state index in [0.29, 0.717) is 6.54 Å². The molecule has 0 aromatic rings. The van der Waals surface area contributed by atoms with Crippen LogP contribution in [0.15, 0.2) is 0 Å². The molecular weight excluding hydrogens is 190 g/mol. The molecule has 0 spiro atoms. The first-order valence-corrected chi connectivity index (χ1v) is 5.12. The molecule has 4 nitrogen and oxygen atoms in total. The molecule has 0 aliphatic heterocycles. The Labute approximate surface area is 72.3 Å². The second kappa shape index (κ2) is 4.92. The highest BCUT2D eigenvalue weighted by atomic mass is 35.5. The van der Waals surface area contributed by atoms with E-state index >= 15 is 0 Å². The minimum absolute atomic E-state index is 0.0686. The fourth-order valence-electron chi connectivity index (χ4n) is 0.452. The van der Waals surface area contributed by atoms with Gasteiger partial charge in [-0.05, 0) is 11.8 Å². The Morgan fingerprint density at radius 2 is 2.09 bits per heavy atom. The molecule has 0 aliphatic carbocycles. The Bertz CT molecular complexity index is 192. The standard InChI is InChI=1S/C5H12ClNO3S/c1-3-7(6)4-5-11(8,9)10-2/h3-5H2,1-2H3. The highest BCUT2D eigenvalue weighted by molar-refractivity contribution is 7.86. The van der Waals surface area contributed by atoms with Crippen molar-refractivity contribution < 1.29 is 12.6 Å². The van der Waals surface area contributed by atoms with Gasteiger partial charge in [0.15, 0.2) is 0 Å². The van der Waals surface area contributed by atoms with Crippen LogP contribution in [0.25, 0.3) is 0 Å². The summed E-state index contributed by atoms with van der Waals surface area (Å²) in [6, 6.07) is 0. The van der Waals surface area contributed by atoms with Crippen molar-refractivity contribution in [1.82, 2.24) is 4.42 Å². The molecule has 0 saturated carbocycles. The van der Waals surface area contributed by atoms with Crippen LogP contribution in [0.3, 0.4) is 0 Å². The average molecular weight is 202 g/mol. The van der Waals surface area contributed by atoms with Crippen LogP contribution < -0.4 is 0 Å². The summed E-state index contributed by atoms with van der Waals surface area (Å²) in [5, 5.41) is 0. The molecule has 0 fully saturated rings. The summed E-state index contributed by atoms with van der Waals surface area (Å²) in [7, 11) is -2.21. The molecule has 0 aromatic heterocycles. The van der Waals surface area contributed by atoms with E-state index in [4.69, 9.17) is 11.8 Å². The normalized spacial score (nSPS) is 12.4. The van der Waals surface area contributed by atoms with Crippen LogP contribution in [0.4, 0.5) is 0 Å². The molecule has 0 unspecified atom stereocenters. The molecule has 68 valence electrons. The minimum atomic E-state index is -3.35. The first kappa shape index (κ1) is 11.2. The van der Waals surface area contributed by atoms with Crippen LogP contribution in [-0.4, -0.2) is 38.8 Å². The molecule has 0 atom stereocenters. The first-order chi connectivity index (χ1) is 5.02. The van der Waals surface area contributed by atoms with Gasteiger partial charge in [-0.1, -0.05) is 6.92 Å². The predicted molar refractivity (Wildman–Crippen MR) is 43.9 cm³/mol.